The fraction of sp³-hybridized carbons (Fsp3) is 0.250. The zero-order chi connectivity index (χ0) is 16.5. The van der Waals surface area contributed by atoms with Crippen LogP contribution >= 0.6 is 0 Å². The molecule has 1 aliphatic rings. The van der Waals surface area contributed by atoms with Crippen molar-refractivity contribution in [1.29, 1.82) is 0 Å². The van der Waals surface area contributed by atoms with Gasteiger partial charge in [0.15, 0.2) is 17.0 Å². The number of hydrogen-bond acceptors (Lipinski definition) is 7. The summed E-state index contributed by atoms with van der Waals surface area (Å²) < 4.78 is 13.1. The lowest BCUT2D eigenvalue weighted by Gasteiger charge is -2.28. The predicted molar refractivity (Wildman–Crippen MR) is 90.0 cm³/mol. The second-order valence-corrected chi connectivity index (χ2v) is 5.58. The van der Waals surface area contributed by atoms with Crippen LogP contribution < -0.4 is 16.0 Å². The summed E-state index contributed by atoms with van der Waals surface area (Å²) in [5, 5.41) is 3.30. The molecule has 1 aliphatic heterocycles. The molecular formula is C16H16FN7. The Hall–Kier alpha value is -2.87. The summed E-state index contributed by atoms with van der Waals surface area (Å²) >= 11 is 0. The van der Waals surface area contributed by atoms with E-state index in [1.54, 1.807) is 18.3 Å². The first-order valence-electron chi connectivity index (χ1n) is 7.72. The molecule has 0 spiro atoms. The Bertz CT molecular complexity index is 875. The van der Waals surface area contributed by atoms with E-state index in [1.165, 1.54) is 12.1 Å². The van der Waals surface area contributed by atoms with Gasteiger partial charge in [-0.05, 0) is 24.3 Å². The zero-order valence-electron chi connectivity index (χ0n) is 12.9. The second kappa shape index (κ2) is 5.97. The van der Waals surface area contributed by atoms with Crippen molar-refractivity contribution in [3.63, 3.8) is 0 Å². The highest BCUT2D eigenvalue weighted by Gasteiger charge is 2.18. The van der Waals surface area contributed by atoms with E-state index in [4.69, 9.17) is 5.73 Å². The summed E-state index contributed by atoms with van der Waals surface area (Å²) in [7, 11) is 0. The van der Waals surface area contributed by atoms with E-state index in [1.807, 2.05) is 0 Å². The van der Waals surface area contributed by atoms with Crippen molar-refractivity contribution >= 4 is 22.9 Å². The molecule has 1 aromatic carbocycles. The van der Waals surface area contributed by atoms with E-state index in [0.29, 0.717) is 22.7 Å². The van der Waals surface area contributed by atoms with Crippen LogP contribution in [0.15, 0.2) is 30.5 Å². The predicted octanol–water partition coefficient (Wildman–Crippen LogP) is 1.22. The molecule has 3 aromatic rings. The van der Waals surface area contributed by atoms with Crippen molar-refractivity contribution in [2.75, 3.05) is 36.8 Å². The Morgan fingerprint density at radius 3 is 2.54 bits per heavy atom. The molecule has 3 N–H and O–H groups in total. The first kappa shape index (κ1) is 14.7. The highest BCUT2D eigenvalue weighted by Crippen LogP contribution is 2.25. The molecular weight excluding hydrogens is 309 g/mol. The molecule has 0 atom stereocenters. The van der Waals surface area contributed by atoms with Gasteiger partial charge < -0.3 is 16.0 Å². The number of halogens is 1. The average molecular weight is 325 g/mol. The molecule has 8 heteroatoms. The largest absolute Gasteiger partial charge is 0.368 e. The number of aromatic nitrogens is 4. The van der Waals surface area contributed by atoms with E-state index in [2.05, 4.69) is 30.2 Å². The van der Waals surface area contributed by atoms with E-state index < -0.39 is 0 Å². The van der Waals surface area contributed by atoms with Crippen LogP contribution in [0.5, 0.6) is 0 Å². The molecule has 1 fully saturated rings. The van der Waals surface area contributed by atoms with Crippen molar-refractivity contribution in [2.24, 2.45) is 0 Å². The Kier molecular flexibility index (Phi) is 3.66. The fourth-order valence-corrected chi connectivity index (χ4v) is 2.77. The zero-order valence-corrected chi connectivity index (χ0v) is 12.9. The lowest BCUT2D eigenvalue weighted by molar-refractivity contribution is 0.586. The molecule has 0 bridgehead atoms. The summed E-state index contributed by atoms with van der Waals surface area (Å²) in [6.07, 6.45) is 1.61. The monoisotopic (exact) mass is 325 g/mol. The molecule has 1 saturated heterocycles. The summed E-state index contributed by atoms with van der Waals surface area (Å²) in [6, 6.07) is 6.15. The summed E-state index contributed by atoms with van der Waals surface area (Å²) in [5.74, 6) is 0.584. The van der Waals surface area contributed by atoms with Gasteiger partial charge in [-0.25, -0.2) is 14.4 Å². The highest BCUT2D eigenvalue weighted by atomic mass is 19.1. The Balaban J connectivity index is 1.85. The second-order valence-electron chi connectivity index (χ2n) is 5.58. The first-order chi connectivity index (χ1) is 11.7. The van der Waals surface area contributed by atoms with E-state index in [0.717, 1.165) is 31.7 Å². The molecule has 0 radical (unpaired) electrons. The summed E-state index contributed by atoms with van der Waals surface area (Å²) in [4.78, 5) is 19.7. The standard InChI is InChI=1S/C16H16FN7/c17-11-3-1-10(2-4-11)12-9-20-14-13(21-12)15(23-16(18)22-14)24-7-5-19-6-8-24/h1-4,9,19H,5-8H2,(H2,18,20,22,23). The Morgan fingerprint density at radius 2 is 1.79 bits per heavy atom. The third kappa shape index (κ3) is 2.71. The van der Waals surface area contributed by atoms with Crippen molar-refractivity contribution < 1.29 is 4.39 Å². The number of nitrogens with two attached hydrogens (primary N) is 1. The normalized spacial score (nSPS) is 15.0. The molecule has 7 nitrogen and oxygen atoms in total. The number of rotatable bonds is 2. The third-order valence-electron chi connectivity index (χ3n) is 3.96. The number of piperazine rings is 1. The minimum absolute atomic E-state index is 0.180. The van der Waals surface area contributed by atoms with Gasteiger partial charge in [0, 0.05) is 31.7 Å². The van der Waals surface area contributed by atoms with Gasteiger partial charge in [-0.15, -0.1) is 0 Å². The van der Waals surface area contributed by atoms with Gasteiger partial charge in [-0.2, -0.15) is 9.97 Å². The van der Waals surface area contributed by atoms with Gasteiger partial charge in [0.1, 0.15) is 5.82 Å². The SMILES string of the molecule is Nc1nc(N2CCNCC2)c2nc(-c3ccc(F)cc3)cnc2n1. The van der Waals surface area contributed by atoms with Gasteiger partial charge in [0.05, 0.1) is 11.9 Å². The maximum atomic E-state index is 13.1. The summed E-state index contributed by atoms with van der Waals surface area (Å²) in [6.45, 7) is 3.37. The van der Waals surface area contributed by atoms with E-state index >= 15 is 0 Å². The fourth-order valence-electron chi connectivity index (χ4n) is 2.77. The van der Waals surface area contributed by atoms with E-state index in [9.17, 15) is 4.39 Å². The molecule has 4 rings (SSSR count). The number of benzene rings is 1. The third-order valence-corrected chi connectivity index (χ3v) is 3.96. The maximum absolute atomic E-state index is 13.1. The van der Waals surface area contributed by atoms with Crippen molar-refractivity contribution in [2.45, 2.75) is 0 Å². The number of nitrogens with one attached hydrogen (secondary N) is 1. The van der Waals surface area contributed by atoms with Crippen molar-refractivity contribution in [3.8, 4) is 11.3 Å². The smallest absolute Gasteiger partial charge is 0.224 e. The van der Waals surface area contributed by atoms with Crippen LogP contribution in [0.25, 0.3) is 22.4 Å². The molecule has 122 valence electrons. The van der Waals surface area contributed by atoms with Gasteiger partial charge in [-0.3, -0.25) is 0 Å². The quantitative estimate of drug-likeness (QED) is 0.731. The molecule has 3 heterocycles. The van der Waals surface area contributed by atoms with Crippen LogP contribution in [0, 0.1) is 5.82 Å². The number of nitrogens with zero attached hydrogens (tertiary/aromatic N) is 5. The van der Waals surface area contributed by atoms with Gasteiger partial charge in [-0.1, -0.05) is 0 Å². The molecule has 0 unspecified atom stereocenters. The molecule has 0 saturated carbocycles. The van der Waals surface area contributed by atoms with Gasteiger partial charge in [0.2, 0.25) is 5.95 Å². The molecule has 2 aromatic heterocycles. The van der Waals surface area contributed by atoms with Crippen LogP contribution in [0.2, 0.25) is 0 Å². The minimum atomic E-state index is -0.287. The number of hydrogen-bond donors (Lipinski definition) is 2. The van der Waals surface area contributed by atoms with E-state index in [-0.39, 0.29) is 11.8 Å². The van der Waals surface area contributed by atoms with Crippen LogP contribution in [-0.4, -0.2) is 46.1 Å². The number of fused-ring (bicyclic) bond motifs is 1. The van der Waals surface area contributed by atoms with Crippen molar-refractivity contribution in [1.82, 2.24) is 25.3 Å². The molecule has 0 aliphatic carbocycles. The van der Waals surface area contributed by atoms with Gasteiger partial charge >= 0.3 is 0 Å². The Labute approximate surface area is 137 Å². The first-order valence-corrected chi connectivity index (χ1v) is 7.72. The lowest BCUT2D eigenvalue weighted by atomic mass is 10.1. The molecule has 0 amide bonds. The minimum Gasteiger partial charge on any atom is -0.368 e. The molecule has 24 heavy (non-hydrogen) atoms. The highest BCUT2D eigenvalue weighted by molar-refractivity contribution is 5.85. The van der Waals surface area contributed by atoms with Crippen LogP contribution in [0.4, 0.5) is 16.2 Å². The number of nitrogen functional groups attached to an aromatic ring is 1. The Morgan fingerprint density at radius 1 is 1.04 bits per heavy atom. The van der Waals surface area contributed by atoms with Crippen LogP contribution in [0.3, 0.4) is 0 Å². The van der Waals surface area contributed by atoms with Crippen molar-refractivity contribution in [3.05, 3.63) is 36.3 Å². The average Bonchev–Trinajstić information content (AvgIpc) is 2.62. The number of anilines is 2. The topological polar surface area (TPSA) is 92.8 Å². The van der Waals surface area contributed by atoms with Gasteiger partial charge in [0.25, 0.3) is 0 Å². The van der Waals surface area contributed by atoms with Crippen LogP contribution in [0.1, 0.15) is 0 Å². The van der Waals surface area contributed by atoms with Crippen LogP contribution in [-0.2, 0) is 0 Å². The lowest BCUT2D eigenvalue weighted by Crippen LogP contribution is -2.44. The maximum Gasteiger partial charge on any atom is 0.224 e. The summed E-state index contributed by atoms with van der Waals surface area (Å²) in [5.41, 5.74) is 8.32.